The largest absolute Gasteiger partial charge is 0.379 e. The van der Waals surface area contributed by atoms with Gasteiger partial charge in [0, 0.05) is 36.5 Å². The SMILES string of the molecule is CC(C)(Br)C(=O)NCC(CNC(=O)C(C)(C)Br)(CNC(O)C(C)(C)Br)COCCOCCN=[N+]=[N-]. The molecule has 4 N–H and O–H groups in total. The van der Waals surface area contributed by atoms with Gasteiger partial charge in [-0.2, -0.15) is 0 Å². The molecule has 0 aromatic heterocycles. The molecule has 0 aromatic carbocycles. The number of amides is 2. The summed E-state index contributed by atoms with van der Waals surface area (Å²) >= 11 is 10.2. The van der Waals surface area contributed by atoms with Gasteiger partial charge >= 0.3 is 0 Å². The third kappa shape index (κ3) is 15.4. The van der Waals surface area contributed by atoms with Crippen LogP contribution in [0.4, 0.5) is 0 Å². The molecule has 0 rings (SSSR count). The highest BCUT2D eigenvalue weighted by Crippen LogP contribution is 2.23. The third-order valence-corrected chi connectivity index (χ3v) is 5.98. The maximum Gasteiger partial charge on any atom is 0.236 e. The predicted molar refractivity (Wildman–Crippen MR) is 147 cm³/mol. The number of hydrogen-bond acceptors (Lipinski definition) is 7. The summed E-state index contributed by atoms with van der Waals surface area (Å²) in [4.78, 5) is 27.8. The highest BCUT2D eigenvalue weighted by molar-refractivity contribution is 9.10. The number of nitrogens with zero attached hydrogens (tertiary/aromatic N) is 3. The van der Waals surface area contributed by atoms with Gasteiger partial charge in [-0.25, -0.2) is 0 Å². The van der Waals surface area contributed by atoms with Crippen LogP contribution in [0.2, 0.25) is 0 Å². The van der Waals surface area contributed by atoms with Gasteiger partial charge in [0.1, 0.15) is 6.23 Å². The lowest BCUT2D eigenvalue weighted by Crippen LogP contribution is -2.58. The van der Waals surface area contributed by atoms with Crippen LogP contribution >= 0.6 is 47.8 Å². The van der Waals surface area contributed by atoms with Gasteiger partial charge in [0.2, 0.25) is 11.8 Å². The molecule has 1 atom stereocenters. The molecule has 0 saturated carbocycles. The van der Waals surface area contributed by atoms with Crippen molar-refractivity contribution in [3.05, 3.63) is 10.4 Å². The lowest BCUT2D eigenvalue weighted by molar-refractivity contribution is -0.123. The van der Waals surface area contributed by atoms with Crippen molar-refractivity contribution >= 4 is 59.6 Å². The molecular formula is C21H39Br3N6O5. The van der Waals surface area contributed by atoms with Crippen LogP contribution in [0.25, 0.3) is 10.4 Å². The van der Waals surface area contributed by atoms with Crippen LogP contribution in [0.1, 0.15) is 41.5 Å². The lowest BCUT2D eigenvalue weighted by Gasteiger charge is -2.37. The van der Waals surface area contributed by atoms with E-state index in [-0.39, 0.29) is 64.4 Å². The second-order valence-electron chi connectivity index (χ2n) is 9.78. The van der Waals surface area contributed by atoms with Crippen LogP contribution in [0.3, 0.4) is 0 Å². The highest BCUT2D eigenvalue weighted by Gasteiger charge is 2.37. The van der Waals surface area contributed by atoms with Crippen molar-refractivity contribution in [2.75, 3.05) is 52.6 Å². The van der Waals surface area contributed by atoms with E-state index in [1.807, 2.05) is 13.8 Å². The zero-order valence-electron chi connectivity index (χ0n) is 21.3. The van der Waals surface area contributed by atoms with Gasteiger partial charge < -0.3 is 25.2 Å². The van der Waals surface area contributed by atoms with Crippen molar-refractivity contribution in [2.45, 2.75) is 60.7 Å². The molecule has 0 spiro atoms. The number of carbonyl (C=O) groups is 2. The van der Waals surface area contributed by atoms with Gasteiger partial charge in [0.25, 0.3) is 0 Å². The molecule has 0 aliphatic carbocycles. The second kappa shape index (κ2) is 15.7. The fourth-order valence-electron chi connectivity index (χ4n) is 2.51. The van der Waals surface area contributed by atoms with E-state index in [9.17, 15) is 14.7 Å². The zero-order valence-corrected chi connectivity index (χ0v) is 26.0. The Hall–Kier alpha value is -0.470. The summed E-state index contributed by atoms with van der Waals surface area (Å²) in [5, 5.41) is 22.9. The standard InChI is InChI=1S/C21H39Br3N6O5/c1-18(2,22)15(31)26-11-21(12-27-16(32)19(3,4)23,13-28-17(33)20(5,6)24)14-35-10-9-34-8-7-29-30-25/h15,26,31H,7-14H2,1-6H3,(H,27,32)(H,28,33). The molecule has 0 aliphatic heterocycles. The molecule has 11 nitrogen and oxygen atoms in total. The van der Waals surface area contributed by atoms with Crippen LogP contribution in [0.5, 0.6) is 0 Å². The van der Waals surface area contributed by atoms with E-state index in [1.54, 1.807) is 27.7 Å². The number of ether oxygens (including phenoxy) is 2. The van der Waals surface area contributed by atoms with Gasteiger partial charge in [-0.05, 0) is 47.1 Å². The summed E-state index contributed by atoms with van der Waals surface area (Å²) in [5.74, 6) is -0.450. The minimum atomic E-state index is -0.905. The Morgan fingerprint density at radius 2 is 1.40 bits per heavy atom. The van der Waals surface area contributed by atoms with E-state index in [0.717, 1.165) is 0 Å². The molecule has 35 heavy (non-hydrogen) atoms. The second-order valence-corrected chi connectivity index (χ2v) is 15.8. The summed E-state index contributed by atoms with van der Waals surface area (Å²) in [6.45, 7) is 12.3. The van der Waals surface area contributed by atoms with Crippen molar-refractivity contribution in [1.82, 2.24) is 16.0 Å². The third-order valence-electron chi connectivity index (χ3n) is 4.83. The van der Waals surface area contributed by atoms with Crippen LogP contribution < -0.4 is 16.0 Å². The Morgan fingerprint density at radius 1 is 0.914 bits per heavy atom. The van der Waals surface area contributed by atoms with Crippen molar-refractivity contribution in [3.8, 4) is 0 Å². The summed E-state index contributed by atoms with van der Waals surface area (Å²) in [5.41, 5.74) is 7.50. The van der Waals surface area contributed by atoms with Crippen LogP contribution in [0.15, 0.2) is 5.11 Å². The van der Waals surface area contributed by atoms with E-state index in [1.165, 1.54) is 0 Å². The van der Waals surface area contributed by atoms with Crippen molar-refractivity contribution in [1.29, 1.82) is 0 Å². The van der Waals surface area contributed by atoms with E-state index in [2.05, 4.69) is 73.8 Å². The number of hydrogen-bond donors (Lipinski definition) is 4. The number of aliphatic hydroxyl groups is 1. The normalized spacial score (nSPS) is 13.7. The highest BCUT2D eigenvalue weighted by atomic mass is 79.9. The molecule has 2 amide bonds. The number of carbonyl (C=O) groups excluding carboxylic acids is 2. The minimum Gasteiger partial charge on any atom is -0.379 e. The number of alkyl halides is 3. The van der Waals surface area contributed by atoms with Gasteiger partial charge in [-0.1, -0.05) is 52.9 Å². The Kier molecular flexibility index (Phi) is 15.5. The molecule has 204 valence electrons. The minimum absolute atomic E-state index is 0.154. The number of halogens is 3. The number of nitrogens with one attached hydrogen (secondary N) is 3. The Morgan fingerprint density at radius 3 is 1.83 bits per heavy atom. The number of rotatable bonds is 18. The van der Waals surface area contributed by atoms with Gasteiger partial charge in [0.15, 0.2) is 0 Å². The fourth-order valence-corrected chi connectivity index (χ4v) is 2.95. The average molecular weight is 695 g/mol. The van der Waals surface area contributed by atoms with Crippen LogP contribution in [0, 0.1) is 5.41 Å². The van der Waals surface area contributed by atoms with Crippen molar-refractivity contribution < 1.29 is 24.2 Å². The molecule has 1 unspecified atom stereocenters. The van der Waals surface area contributed by atoms with Gasteiger partial charge in [-0.15, -0.1) is 0 Å². The number of aliphatic hydroxyl groups excluding tert-OH is 1. The van der Waals surface area contributed by atoms with E-state index < -0.39 is 24.6 Å². The number of azide groups is 1. The monoisotopic (exact) mass is 692 g/mol. The van der Waals surface area contributed by atoms with Crippen LogP contribution in [-0.4, -0.2) is 88.7 Å². The Labute approximate surface area is 233 Å². The quantitative estimate of drug-likeness (QED) is 0.0432. The summed E-state index contributed by atoms with van der Waals surface area (Å²) < 4.78 is 9.06. The summed E-state index contributed by atoms with van der Waals surface area (Å²) in [7, 11) is 0. The first kappa shape index (κ1) is 34.5. The fraction of sp³-hybridized carbons (Fsp3) is 0.905. The first-order valence-corrected chi connectivity index (χ1v) is 13.5. The summed E-state index contributed by atoms with van der Waals surface area (Å²) in [6, 6.07) is 0. The zero-order chi connectivity index (χ0) is 27.3. The molecule has 14 heteroatoms. The summed E-state index contributed by atoms with van der Waals surface area (Å²) in [6.07, 6.45) is -0.905. The average Bonchev–Trinajstić information content (AvgIpc) is 2.73. The lowest BCUT2D eigenvalue weighted by atomic mass is 9.87. The molecule has 0 aliphatic rings. The predicted octanol–water partition coefficient (Wildman–Crippen LogP) is 2.98. The first-order chi connectivity index (χ1) is 15.9. The van der Waals surface area contributed by atoms with Crippen molar-refractivity contribution in [2.24, 2.45) is 10.5 Å². The van der Waals surface area contributed by atoms with E-state index >= 15 is 0 Å². The van der Waals surface area contributed by atoms with Crippen LogP contribution in [-0.2, 0) is 19.1 Å². The molecule has 0 saturated heterocycles. The van der Waals surface area contributed by atoms with E-state index in [0.29, 0.717) is 0 Å². The molecule has 0 radical (unpaired) electrons. The Bertz CT molecular complexity index is 686. The van der Waals surface area contributed by atoms with Gasteiger partial charge in [-0.3, -0.25) is 14.9 Å². The van der Waals surface area contributed by atoms with Crippen molar-refractivity contribution in [3.63, 3.8) is 0 Å². The molecule has 0 fully saturated rings. The Balaban J connectivity index is 5.56. The molecular weight excluding hydrogens is 656 g/mol. The first-order valence-electron chi connectivity index (χ1n) is 11.2. The van der Waals surface area contributed by atoms with Gasteiger partial charge in [0.05, 0.1) is 39.4 Å². The molecule has 0 heterocycles. The molecule has 0 aromatic rings. The maximum absolute atomic E-state index is 12.6. The van der Waals surface area contributed by atoms with E-state index in [4.69, 9.17) is 15.0 Å². The maximum atomic E-state index is 12.6. The molecule has 0 bridgehead atoms. The smallest absolute Gasteiger partial charge is 0.236 e. The topological polar surface area (TPSA) is 158 Å².